The van der Waals surface area contributed by atoms with E-state index < -0.39 is 6.10 Å². The number of aliphatic hydroxyl groups excluding tert-OH is 1. The molecule has 0 aliphatic rings. The molecule has 1 aromatic carbocycles. The van der Waals surface area contributed by atoms with Crippen molar-refractivity contribution in [2.75, 3.05) is 14.2 Å². The number of aliphatic hydroxyl groups is 1. The lowest BCUT2D eigenvalue weighted by atomic mass is 10.0. The fourth-order valence-corrected chi connectivity index (χ4v) is 1.58. The number of hydrogen-bond acceptors (Lipinski definition) is 4. The van der Waals surface area contributed by atoms with Crippen LogP contribution in [0.25, 0.3) is 0 Å². The number of rotatable bonds is 6. The molecule has 0 aliphatic heterocycles. The van der Waals surface area contributed by atoms with Crippen LogP contribution in [-0.4, -0.2) is 25.4 Å². The van der Waals surface area contributed by atoms with Crippen molar-refractivity contribution in [2.45, 2.75) is 25.4 Å². The van der Waals surface area contributed by atoms with Crippen LogP contribution in [0, 0.1) is 11.3 Å². The molecule has 0 bridgehead atoms. The van der Waals surface area contributed by atoms with Gasteiger partial charge in [-0.05, 0) is 30.5 Å². The molecular weight excluding hydrogens is 218 g/mol. The first-order valence-corrected chi connectivity index (χ1v) is 5.47. The van der Waals surface area contributed by atoms with E-state index in [4.69, 9.17) is 14.7 Å². The highest BCUT2D eigenvalue weighted by Crippen LogP contribution is 2.28. The summed E-state index contributed by atoms with van der Waals surface area (Å²) in [5.74, 6) is 1.37. The SMILES string of the molecule is COc1ccc(CCC(O)CC#N)cc1OC. The molecule has 0 saturated carbocycles. The molecule has 0 saturated heterocycles. The number of benzene rings is 1. The van der Waals surface area contributed by atoms with E-state index in [-0.39, 0.29) is 6.42 Å². The van der Waals surface area contributed by atoms with Gasteiger partial charge in [0.2, 0.25) is 0 Å². The van der Waals surface area contributed by atoms with Gasteiger partial charge >= 0.3 is 0 Å². The van der Waals surface area contributed by atoms with Crippen LogP contribution in [0.1, 0.15) is 18.4 Å². The molecule has 0 aliphatic carbocycles. The fraction of sp³-hybridized carbons (Fsp3) is 0.462. The normalized spacial score (nSPS) is 11.6. The Hall–Kier alpha value is -1.73. The van der Waals surface area contributed by atoms with E-state index in [1.54, 1.807) is 14.2 Å². The lowest BCUT2D eigenvalue weighted by Gasteiger charge is -2.10. The first kappa shape index (κ1) is 13.3. The topological polar surface area (TPSA) is 62.5 Å². The van der Waals surface area contributed by atoms with E-state index in [0.29, 0.717) is 24.3 Å². The lowest BCUT2D eigenvalue weighted by Crippen LogP contribution is -2.06. The van der Waals surface area contributed by atoms with Crippen LogP contribution in [0.4, 0.5) is 0 Å². The number of methoxy groups -OCH3 is 2. The Morgan fingerprint density at radius 3 is 2.59 bits per heavy atom. The highest BCUT2D eigenvalue weighted by molar-refractivity contribution is 5.42. The van der Waals surface area contributed by atoms with Crippen LogP contribution in [0.5, 0.6) is 11.5 Å². The maximum absolute atomic E-state index is 9.46. The lowest BCUT2D eigenvalue weighted by molar-refractivity contribution is 0.170. The quantitative estimate of drug-likeness (QED) is 0.818. The Morgan fingerprint density at radius 2 is 2.00 bits per heavy atom. The molecule has 17 heavy (non-hydrogen) atoms. The molecule has 0 fully saturated rings. The van der Waals surface area contributed by atoms with Gasteiger partial charge in [0.05, 0.1) is 32.8 Å². The van der Waals surface area contributed by atoms with Gasteiger partial charge in [0.15, 0.2) is 11.5 Å². The van der Waals surface area contributed by atoms with Crippen LogP contribution in [-0.2, 0) is 6.42 Å². The molecule has 0 aromatic heterocycles. The molecule has 4 nitrogen and oxygen atoms in total. The Morgan fingerprint density at radius 1 is 1.29 bits per heavy atom. The molecule has 1 aromatic rings. The Balaban J connectivity index is 2.63. The summed E-state index contributed by atoms with van der Waals surface area (Å²) in [5, 5.41) is 17.9. The van der Waals surface area contributed by atoms with E-state index in [1.807, 2.05) is 24.3 Å². The standard InChI is InChI=1S/C13H17NO3/c1-16-12-6-4-10(9-13(12)17-2)3-5-11(15)7-8-14/h4,6,9,11,15H,3,5,7H2,1-2H3. The highest BCUT2D eigenvalue weighted by Gasteiger charge is 2.07. The summed E-state index contributed by atoms with van der Waals surface area (Å²) in [6.45, 7) is 0. The van der Waals surface area contributed by atoms with Crippen molar-refractivity contribution in [3.63, 3.8) is 0 Å². The third kappa shape index (κ3) is 3.97. The maximum atomic E-state index is 9.46. The minimum absolute atomic E-state index is 0.174. The molecule has 0 heterocycles. The van der Waals surface area contributed by atoms with Crippen LogP contribution in [0.2, 0.25) is 0 Å². The van der Waals surface area contributed by atoms with Crippen molar-refractivity contribution in [3.05, 3.63) is 23.8 Å². The van der Waals surface area contributed by atoms with Crippen molar-refractivity contribution in [1.29, 1.82) is 5.26 Å². The van der Waals surface area contributed by atoms with Crippen LogP contribution in [0.3, 0.4) is 0 Å². The van der Waals surface area contributed by atoms with Crippen molar-refractivity contribution in [3.8, 4) is 17.6 Å². The second-order valence-corrected chi connectivity index (χ2v) is 3.74. The van der Waals surface area contributed by atoms with Crippen molar-refractivity contribution in [1.82, 2.24) is 0 Å². The summed E-state index contributed by atoms with van der Waals surface area (Å²) >= 11 is 0. The van der Waals surface area contributed by atoms with Gasteiger partial charge in [0, 0.05) is 0 Å². The summed E-state index contributed by atoms with van der Waals surface area (Å²) in [5.41, 5.74) is 1.06. The van der Waals surface area contributed by atoms with Gasteiger partial charge in [-0.1, -0.05) is 6.07 Å². The molecule has 1 atom stereocenters. The molecular formula is C13H17NO3. The Labute approximate surface area is 101 Å². The maximum Gasteiger partial charge on any atom is 0.160 e. The van der Waals surface area contributed by atoms with Gasteiger partial charge in [-0.25, -0.2) is 0 Å². The summed E-state index contributed by atoms with van der Waals surface area (Å²) in [6.07, 6.45) is 0.896. The van der Waals surface area contributed by atoms with Gasteiger partial charge in [0.1, 0.15) is 0 Å². The average Bonchev–Trinajstić information content (AvgIpc) is 2.36. The van der Waals surface area contributed by atoms with Gasteiger partial charge in [0.25, 0.3) is 0 Å². The number of ether oxygens (including phenoxy) is 2. The van der Waals surface area contributed by atoms with E-state index >= 15 is 0 Å². The van der Waals surface area contributed by atoms with E-state index in [1.165, 1.54) is 0 Å². The summed E-state index contributed by atoms with van der Waals surface area (Å²) in [6, 6.07) is 7.61. The number of nitriles is 1. The van der Waals surface area contributed by atoms with Crippen LogP contribution < -0.4 is 9.47 Å². The second-order valence-electron chi connectivity index (χ2n) is 3.74. The molecule has 1 rings (SSSR count). The summed E-state index contributed by atoms with van der Waals surface area (Å²) < 4.78 is 10.3. The number of hydrogen-bond donors (Lipinski definition) is 1. The van der Waals surface area contributed by atoms with Gasteiger partial charge in [-0.2, -0.15) is 5.26 Å². The predicted octanol–water partition coefficient (Wildman–Crippen LogP) is 1.91. The molecule has 0 amide bonds. The number of nitrogens with zero attached hydrogens (tertiary/aromatic N) is 1. The zero-order chi connectivity index (χ0) is 12.7. The monoisotopic (exact) mass is 235 g/mol. The molecule has 4 heteroatoms. The zero-order valence-electron chi connectivity index (χ0n) is 10.1. The average molecular weight is 235 g/mol. The minimum Gasteiger partial charge on any atom is -0.493 e. The summed E-state index contributed by atoms with van der Waals surface area (Å²) in [4.78, 5) is 0. The number of aryl methyl sites for hydroxylation is 1. The van der Waals surface area contributed by atoms with E-state index in [2.05, 4.69) is 0 Å². The smallest absolute Gasteiger partial charge is 0.160 e. The highest BCUT2D eigenvalue weighted by atomic mass is 16.5. The van der Waals surface area contributed by atoms with Crippen molar-refractivity contribution < 1.29 is 14.6 Å². The first-order chi connectivity index (χ1) is 8.21. The van der Waals surface area contributed by atoms with E-state index in [0.717, 1.165) is 5.56 Å². The van der Waals surface area contributed by atoms with Crippen LogP contribution >= 0.6 is 0 Å². The fourth-order valence-electron chi connectivity index (χ4n) is 1.58. The Bertz CT molecular complexity index is 398. The van der Waals surface area contributed by atoms with Crippen molar-refractivity contribution in [2.24, 2.45) is 0 Å². The van der Waals surface area contributed by atoms with Gasteiger partial charge in [-0.15, -0.1) is 0 Å². The summed E-state index contributed by atoms with van der Waals surface area (Å²) in [7, 11) is 3.18. The largest absolute Gasteiger partial charge is 0.493 e. The Kier molecular flexibility index (Phi) is 5.31. The predicted molar refractivity (Wildman–Crippen MR) is 64.1 cm³/mol. The van der Waals surface area contributed by atoms with Crippen LogP contribution in [0.15, 0.2) is 18.2 Å². The molecule has 1 N–H and O–H groups in total. The van der Waals surface area contributed by atoms with E-state index in [9.17, 15) is 5.11 Å². The van der Waals surface area contributed by atoms with Gasteiger partial charge in [-0.3, -0.25) is 0 Å². The molecule has 0 spiro atoms. The first-order valence-electron chi connectivity index (χ1n) is 5.47. The van der Waals surface area contributed by atoms with Gasteiger partial charge < -0.3 is 14.6 Å². The van der Waals surface area contributed by atoms with Crippen molar-refractivity contribution >= 4 is 0 Å². The third-order valence-corrected chi connectivity index (χ3v) is 2.54. The second kappa shape index (κ2) is 6.77. The zero-order valence-corrected chi connectivity index (χ0v) is 10.1. The molecule has 0 radical (unpaired) electrons. The third-order valence-electron chi connectivity index (χ3n) is 2.54. The minimum atomic E-state index is -0.562. The molecule has 92 valence electrons. The molecule has 1 unspecified atom stereocenters.